The maximum absolute atomic E-state index is 11.0. The van der Waals surface area contributed by atoms with E-state index in [-0.39, 0.29) is 0 Å². The average molecular weight is 333 g/mol. The number of benzene rings is 2. The summed E-state index contributed by atoms with van der Waals surface area (Å²) in [5, 5.41) is 3.41. The van der Waals surface area contributed by atoms with Crippen molar-refractivity contribution in [3.63, 3.8) is 0 Å². The molecular weight excluding hydrogens is 316 g/mol. The molecule has 0 radical (unpaired) electrons. The molecule has 0 bridgehead atoms. The van der Waals surface area contributed by atoms with E-state index in [2.05, 4.69) is 40.3 Å². The summed E-state index contributed by atoms with van der Waals surface area (Å²) in [6.07, 6.45) is 0.935. The van der Waals surface area contributed by atoms with Crippen LogP contribution in [0.1, 0.15) is 22.8 Å². The van der Waals surface area contributed by atoms with Crippen LogP contribution in [0.2, 0.25) is 0 Å². The molecule has 0 fully saturated rings. The molecule has 104 valence electrons. The number of halogens is 1. The van der Waals surface area contributed by atoms with Crippen LogP contribution in [0.3, 0.4) is 0 Å². The molecule has 1 atom stereocenters. The number of hydrogen-bond donors (Lipinski definition) is 2. The number of anilines is 1. The van der Waals surface area contributed by atoms with Crippen LogP contribution in [0.25, 0.3) is 0 Å². The second-order valence-corrected chi connectivity index (χ2v) is 5.73. The van der Waals surface area contributed by atoms with Crippen LogP contribution >= 0.6 is 15.9 Å². The van der Waals surface area contributed by atoms with Crippen molar-refractivity contribution in [3.05, 3.63) is 64.1 Å². The van der Waals surface area contributed by atoms with Gasteiger partial charge in [0, 0.05) is 21.8 Å². The molecule has 2 aromatic rings. The standard InChI is InChI=1S/C16H17BrN2O/c1-11(10-12-2-6-14(17)7-3-12)19-15-8-4-13(5-9-15)16(18)20/h2-9,11,19H,10H2,1H3,(H2,18,20). The lowest BCUT2D eigenvalue weighted by Crippen LogP contribution is -2.18. The van der Waals surface area contributed by atoms with Gasteiger partial charge in [-0.1, -0.05) is 28.1 Å². The summed E-state index contributed by atoms with van der Waals surface area (Å²) in [5.41, 5.74) is 8.01. The second-order valence-electron chi connectivity index (χ2n) is 4.82. The van der Waals surface area contributed by atoms with Crippen molar-refractivity contribution in [2.24, 2.45) is 5.73 Å². The summed E-state index contributed by atoms with van der Waals surface area (Å²) in [6, 6.07) is 15.8. The monoisotopic (exact) mass is 332 g/mol. The van der Waals surface area contributed by atoms with Crippen LogP contribution < -0.4 is 11.1 Å². The molecule has 0 aliphatic carbocycles. The van der Waals surface area contributed by atoms with Crippen molar-refractivity contribution in [1.82, 2.24) is 0 Å². The molecular formula is C16H17BrN2O. The molecule has 0 heterocycles. The minimum atomic E-state index is -0.403. The van der Waals surface area contributed by atoms with E-state index in [0.29, 0.717) is 11.6 Å². The van der Waals surface area contributed by atoms with E-state index in [1.807, 2.05) is 24.3 Å². The molecule has 3 nitrogen and oxygen atoms in total. The molecule has 0 aliphatic heterocycles. The zero-order chi connectivity index (χ0) is 14.5. The van der Waals surface area contributed by atoms with Gasteiger partial charge in [0.05, 0.1) is 0 Å². The first-order valence-corrected chi connectivity index (χ1v) is 7.25. The Morgan fingerprint density at radius 3 is 2.30 bits per heavy atom. The van der Waals surface area contributed by atoms with Gasteiger partial charge in [0.2, 0.25) is 5.91 Å². The molecule has 2 aromatic carbocycles. The summed E-state index contributed by atoms with van der Waals surface area (Å²) < 4.78 is 1.09. The smallest absolute Gasteiger partial charge is 0.248 e. The fourth-order valence-corrected chi connectivity index (χ4v) is 2.30. The maximum atomic E-state index is 11.0. The van der Waals surface area contributed by atoms with Gasteiger partial charge < -0.3 is 11.1 Å². The highest BCUT2D eigenvalue weighted by molar-refractivity contribution is 9.10. The molecule has 2 rings (SSSR count). The van der Waals surface area contributed by atoms with Gasteiger partial charge in [-0.2, -0.15) is 0 Å². The van der Waals surface area contributed by atoms with Gasteiger partial charge in [-0.25, -0.2) is 0 Å². The number of carbonyl (C=O) groups is 1. The van der Waals surface area contributed by atoms with Crippen molar-refractivity contribution < 1.29 is 4.79 Å². The zero-order valence-corrected chi connectivity index (χ0v) is 12.9. The van der Waals surface area contributed by atoms with Crippen LogP contribution in [-0.2, 0) is 6.42 Å². The summed E-state index contributed by atoms with van der Waals surface area (Å²) in [7, 11) is 0. The van der Waals surface area contributed by atoms with Crippen LogP contribution in [0.5, 0.6) is 0 Å². The van der Waals surface area contributed by atoms with Crippen LogP contribution in [0.15, 0.2) is 53.0 Å². The highest BCUT2D eigenvalue weighted by Gasteiger charge is 2.05. The fraction of sp³-hybridized carbons (Fsp3) is 0.188. The number of hydrogen-bond acceptors (Lipinski definition) is 2. The number of nitrogens with two attached hydrogens (primary N) is 1. The Hall–Kier alpha value is -1.81. The Balaban J connectivity index is 1.95. The van der Waals surface area contributed by atoms with Gasteiger partial charge in [0.15, 0.2) is 0 Å². The van der Waals surface area contributed by atoms with E-state index in [4.69, 9.17) is 5.73 Å². The van der Waals surface area contributed by atoms with Crippen molar-refractivity contribution in [1.29, 1.82) is 0 Å². The topological polar surface area (TPSA) is 55.1 Å². The maximum Gasteiger partial charge on any atom is 0.248 e. The SMILES string of the molecule is CC(Cc1ccc(Br)cc1)Nc1ccc(C(N)=O)cc1. The number of amides is 1. The summed E-state index contributed by atoms with van der Waals surface area (Å²) in [5.74, 6) is -0.403. The van der Waals surface area contributed by atoms with E-state index in [1.165, 1.54) is 5.56 Å². The van der Waals surface area contributed by atoms with E-state index < -0.39 is 5.91 Å². The van der Waals surface area contributed by atoms with Crippen LogP contribution in [0, 0.1) is 0 Å². The quantitative estimate of drug-likeness (QED) is 0.879. The minimum Gasteiger partial charge on any atom is -0.382 e. The number of nitrogens with one attached hydrogen (secondary N) is 1. The molecule has 0 aliphatic rings. The lowest BCUT2D eigenvalue weighted by atomic mass is 10.1. The Bertz CT molecular complexity index is 578. The molecule has 0 aromatic heterocycles. The Morgan fingerprint density at radius 2 is 1.75 bits per heavy atom. The molecule has 1 amide bonds. The third-order valence-electron chi connectivity index (χ3n) is 3.04. The van der Waals surface area contributed by atoms with Gasteiger partial charge in [-0.3, -0.25) is 4.79 Å². The normalized spacial score (nSPS) is 11.9. The predicted octanol–water partition coefficient (Wildman–Crippen LogP) is 3.59. The number of primary amides is 1. The summed E-state index contributed by atoms with van der Waals surface area (Å²) in [6.45, 7) is 2.13. The van der Waals surface area contributed by atoms with E-state index >= 15 is 0 Å². The third-order valence-corrected chi connectivity index (χ3v) is 3.57. The molecule has 1 unspecified atom stereocenters. The van der Waals surface area contributed by atoms with Crippen molar-refractivity contribution in [3.8, 4) is 0 Å². The number of rotatable bonds is 5. The molecule has 0 spiro atoms. The summed E-state index contributed by atoms with van der Waals surface area (Å²) in [4.78, 5) is 11.0. The van der Waals surface area contributed by atoms with Gasteiger partial charge in [0.1, 0.15) is 0 Å². The fourth-order valence-electron chi connectivity index (χ4n) is 2.04. The first-order valence-electron chi connectivity index (χ1n) is 6.45. The number of carbonyl (C=O) groups excluding carboxylic acids is 1. The van der Waals surface area contributed by atoms with Gasteiger partial charge >= 0.3 is 0 Å². The Labute approximate surface area is 127 Å². The average Bonchev–Trinajstić information content (AvgIpc) is 2.42. The Morgan fingerprint density at radius 1 is 1.15 bits per heavy atom. The third kappa shape index (κ3) is 4.10. The van der Waals surface area contributed by atoms with E-state index in [0.717, 1.165) is 16.6 Å². The zero-order valence-electron chi connectivity index (χ0n) is 11.3. The van der Waals surface area contributed by atoms with Crippen LogP contribution in [0.4, 0.5) is 5.69 Å². The Kier molecular flexibility index (Phi) is 4.79. The molecule has 3 N–H and O–H groups in total. The highest BCUT2D eigenvalue weighted by Crippen LogP contribution is 2.15. The largest absolute Gasteiger partial charge is 0.382 e. The van der Waals surface area contributed by atoms with Crippen molar-refractivity contribution in [2.75, 3.05) is 5.32 Å². The van der Waals surface area contributed by atoms with E-state index in [9.17, 15) is 4.79 Å². The highest BCUT2D eigenvalue weighted by atomic mass is 79.9. The van der Waals surface area contributed by atoms with E-state index in [1.54, 1.807) is 12.1 Å². The van der Waals surface area contributed by atoms with Crippen molar-refractivity contribution >= 4 is 27.5 Å². The molecule has 20 heavy (non-hydrogen) atoms. The predicted molar refractivity (Wildman–Crippen MR) is 85.9 cm³/mol. The first-order chi connectivity index (χ1) is 9.54. The van der Waals surface area contributed by atoms with Gasteiger partial charge in [0.25, 0.3) is 0 Å². The molecule has 4 heteroatoms. The van der Waals surface area contributed by atoms with Crippen molar-refractivity contribution in [2.45, 2.75) is 19.4 Å². The second kappa shape index (κ2) is 6.57. The summed E-state index contributed by atoms with van der Waals surface area (Å²) >= 11 is 3.43. The minimum absolute atomic E-state index is 0.301. The molecule has 0 saturated heterocycles. The van der Waals surface area contributed by atoms with Gasteiger partial charge in [-0.15, -0.1) is 0 Å². The first kappa shape index (κ1) is 14.6. The van der Waals surface area contributed by atoms with Crippen LogP contribution in [-0.4, -0.2) is 11.9 Å². The van der Waals surface area contributed by atoms with Gasteiger partial charge in [-0.05, 0) is 55.3 Å². The lowest BCUT2D eigenvalue weighted by Gasteiger charge is -2.15. The lowest BCUT2D eigenvalue weighted by molar-refractivity contribution is 0.100. The molecule has 0 saturated carbocycles.